The summed E-state index contributed by atoms with van der Waals surface area (Å²) >= 11 is 0. The van der Waals surface area contributed by atoms with Crippen molar-refractivity contribution in [3.8, 4) is 17.0 Å². The fourth-order valence-corrected chi connectivity index (χ4v) is 2.04. The molecule has 6 nitrogen and oxygen atoms in total. The number of hydrogen-bond acceptors (Lipinski definition) is 4. The van der Waals surface area contributed by atoms with Gasteiger partial charge < -0.3 is 10.1 Å². The van der Waals surface area contributed by atoms with Gasteiger partial charge in [0.05, 0.1) is 5.69 Å². The van der Waals surface area contributed by atoms with Gasteiger partial charge in [0.2, 0.25) is 0 Å². The van der Waals surface area contributed by atoms with Crippen LogP contribution in [-0.2, 0) is 0 Å². The molecule has 9 heteroatoms. The number of ether oxygens (including phenoxy) is 1. The molecule has 0 radical (unpaired) electrons. The second-order valence-electron chi connectivity index (χ2n) is 4.93. The number of H-pyrrole nitrogens is 1. The number of nitrogens with zero attached hydrogens (tertiary/aromatic N) is 2. The Kier molecular flexibility index (Phi) is 4.38. The molecule has 0 saturated heterocycles. The van der Waals surface area contributed by atoms with Gasteiger partial charge >= 0.3 is 6.36 Å². The second-order valence-corrected chi connectivity index (χ2v) is 4.93. The number of carbonyl (C=O) groups excluding carboxylic acids is 1. The summed E-state index contributed by atoms with van der Waals surface area (Å²) in [6, 6.07) is 9.91. The van der Waals surface area contributed by atoms with E-state index in [9.17, 15) is 18.0 Å². The molecule has 2 heterocycles. The van der Waals surface area contributed by atoms with Crippen LogP contribution in [0.25, 0.3) is 11.3 Å². The SMILES string of the molecule is O=C(Nc1ccc(OC(F)(F)F)cc1)c1cc(-c2cccnc2)n[nH]1. The minimum atomic E-state index is -4.76. The van der Waals surface area contributed by atoms with Crippen LogP contribution in [0.2, 0.25) is 0 Å². The van der Waals surface area contributed by atoms with Gasteiger partial charge in [0, 0.05) is 23.6 Å². The fraction of sp³-hybridized carbons (Fsp3) is 0.0625. The first kappa shape index (κ1) is 16.5. The summed E-state index contributed by atoms with van der Waals surface area (Å²) in [5.41, 5.74) is 1.81. The molecule has 3 rings (SSSR count). The van der Waals surface area contributed by atoms with Crippen LogP contribution in [0.3, 0.4) is 0 Å². The van der Waals surface area contributed by atoms with E-state index in [0.29, 0.717) is 11.4 Å². The maximum absolute atomic E-state index is 12.2. The van der Waals surface area contributed by atoms with Crippen molar-refractivity contribution in [2.75, 3.05) is 5.32 Å². The van der Waals surface area contributed by atoms with Gasteiger partial charge in [0.25, 0.3) is 5.91 Å². The van der Waals surface area contributed by atoms with E-state index in [1.54, 1.807) is 30.6 Å². The predicted octanol–water partition coefficient (Wildman–Crippen LogP) is 3.62. The maximum Gasteiger partial charge on any atom is 0.573 e. The van der Waals surface area contributed by atoms with Crippen molar-refractivity contribution in [2.24, 2.45) is 0 Å². The molecule has 2 N–H and O–H groups in total. The van der Waals surface area contributed by atoms with E-state index in [1.807, 2.05) is 0 Å². The zero-order valence-corrected chi connectivity index (χ0v) is 12.5. The smallest absolute Gasteiger partial charge is 0.406 e. The standard InChI is InChI=1S/C16H11F3N4O2/c17-16(18,19)25-12-5-3-11(4-6-12)21-15(24)14-8-13(22-23-14)10-2-1-7-20-9-10/h1-9H,(H,21,24)(H,22,23). The van der Waals surface area contributed by atoms with Crippen molar-refractivity contribution in [3.63, 3.8) is 0 Å². The number of amides is 1. The zero-order valence-electron chi connectivity index (χ0n) is 12.5. The van der Waals surface area contributed by atoms with Gasteiger partial charge in [-0.1, -0.05) is 0 Å². The lowest BCUT2D eigenvalue weighted by Crippen LogP contribution is -2.17. The van der Waals surface area contributed by atoms with Gasteiger partial charge in [-0.2, -0.15) is 5.10 Å². The Bertz CT molecular complexity index is 861. The van der Waals surface area contributed by atoms with Crippen molar-refractivity contribution < 1.29 is 22.7 Å². The minimum Gasteiger partial charge on any atom is -0.406 e. The number of nitrogens with one attached hydrogen (secondary N) is 2. The number of anilines is 1. The van der Waals surface area contributed by atoms with Crippen LogP contribution < -0.4 is 10.1 Å². The Hall–Kier alpha value is -3.36. The van der Waals surface area contributed by atoms with E-state index in [0.717, 1.165) is 17.7 Å². The molecule has 2 aromatic heterocycles. The van der Waals surface area contributed by atoms with Crippen LogP contribution >= 0.6 is 0 Å². The third kappa shape index (κ3) is 4.34. The van der Waals surface area contributed by atoms with Gasteiger partial charge in [-0.3, -0.25) is 14.9 Å². The monoisotopic (exact) mass is 348 g/mol. The van der Waals surface area contributed by atoms with Crippen LogP contribution in [-0.4, -0.2) is 27.5 Å². The highest BCUT2D eigenvalue weighted by atomic mass is 19.4. The number of alkyl halides is 3. The summed E-state index contributed by atoms with van der Waals surface area (Å²) in [5.74, 6) is -0.849. The predicted molar refractivity (Wildman–Crippen MR) is 82.9 cm³/mol. The Morgan fingerprint density at radius 3 is 2.56 bits per heavy atom. The molecule has 128 valence electrons. The Labute approximate surface area is 139 Å². The van der Waals surface area contributed by atoms with Gasteiger partial charge in [0.1, 0.15) is 11.4 Å². The zero-order chi connectivity index (χ0) is 17.9. The van der Waals surface area contributed by atoms with Crippen LogP contribution in [0, 0.1) is 0 Å². The average molecular weight is 348 g/mol. The molecular weight excluding hydrogens is 337 g/mol. The van der Waals surface area contributed by atoms with E-state index in [-0.39, 0.29) is 11.4 Å². The second kappa shape index (κ2) is 6.63. The quantitative estimate of drug-likeness (QED) is 0.755. The summed E-state index contributed by atoms with van der Waals surface area (Å²) < 4.78 is 40.1. The lowest BCUT2D eigenvalue weighted by Gasteiger charge is -2.09. The maximum atomic E-state index is 12.2. The van der Waals surface area contributed by atoms with E-state index < -0.39 is 12.3 Å². The Morgan fingerprint density at radius 1 is 1.16 bits per heavy atom. The first-order valence-corrected chi connectivity index (χ1v) is 7.04. The molecule has 0 bridgehead atoms. The molecule has 0 fully saturated rings. The lowest BCUT2D eigenvalue weighted by molar-refractivity contribution is -0.274. The molecule has 0 aliphatic rings. The van der Waals surface area contributed by atoms with E-state index in [4.69, 9.17) is 0 Å². The van der Waals surface area contributed by atoms with Crippen LogP contribution in [0.1, 0.15) is 10.5 Å². The molecule has 0 aliphatic heterocycles. The molecular formula is C16H11F3N4O2. The van der Waals surface area contributed by atoms with Gasteiger partial charge in [-0.05, 0) is 42.5 Å². The molecule has 0 unspecified atom stereocenters. The number of benzene rings is 1. The van der Waals surface area contributed by atoms with E-state index >= 15 is 0 Å². The first-order chi connectivity index (χ1) is 11.9. The highest BCUT2D eigenvalue weighted by Gasteiger charge is 2.30. The first-order valence-electron chi connectivity index (χ1n) is 7.04. The van der Waals surface area contributed by atoms with Gasteiger partial charge in [0.15, 0.2) is 0 Å². The number of carbonyl (C=O) groups is 1. The number of hydrogen-bond donors (Lipinski definition) is 2. The van der Waals surface area contributed by atoms with Crippen LogP contribution in [0.15, 0.2) is 54.9 Å². The summed E-state index contributed by atoms with van der Waals surface area (Å²) in [6.45, 7) is 0. The highest BCUT2D eigenvalue weighted by Crippen LogP contribution is 2.24. The average Bonchev–Trinajstić information content (AvgIpc) is 3.06. The molecule has 25 heavy (non-hydrogen) atoms. The van der Waals surface area contributed by atoms with Gasteiger partial charge in [-0.15, -0.1) is 13.2 Å². The van der Waals surface area contributed by atoms with Crippen molar-refractivity contribution in [1.29, 1.82) is 0 Å². The topological polar surface area (TPSA) is 79.9 Å². The number of pyridine rings is 1. The summed E-state index contributed by atoms with van der Waals surface area (Å²) in [4.78, 5) is 16.1. The van der Waals surface area contributed by atoms with Crippen molar-refractivity contribution >= 4 is 11.6 Å². The molecule has 0 spiro atoms. The summed E-state index contributed by atoms with van der Waals surface area (Å²) in [6.07, 6.45) is -1.53. The van der Waals surface area contributed by atoms with Crippen molar-refractivity contribution in [2.45, 2.75) is 6.36 Å². The molecule has 1 aromatic carbocycles. The molecule has 0 aliphatic carbocycles. The summed E-state index contributed by atoms with van der Waals surface area (Å²) in [7, 11) is 0. The van der Waals surface area contributed by atoms with Crippen molar-refractivity contribution in [1.82, 2.24) is 15.2 Å². The third-order valence-corrected chi connectivity index (χ3v) is 3.13. The Morgan fingerprint density at radius 2 is 1.92 bits per heavy atom. The largest absolute Gasteiger partial charge is 0.573 e. The summed E-state index contributed by atoms with van der Waals surface area (Å²) in [5, 5.41) is 9.19. The third-order valence-electron chi connectivity index (χ3n) is 3.13. The number of aromatic amines is 1. The lowest BCUT2D eigenvalue weighted by atomic mass is 10.2. The molecule has 0 saturated carbocycles. The fourth-order valence-electron chi connectivity index (χ4n) is 2.04. The molecule has 3 aromatic rings. The number of halogens is 3. The normalized spacial score (nSPS) is 11.2. The van der Waals surface area contributed by atoms with Crippen LogP contribution in [0.5, 0.6) is 5.75 Å². The molecule has 1 amide bonds. The van der Waals surface area contributed by atoms with E-state index in [1.165, 1.54) is 12.1 Å². The Balaban J connectivity index is 1.67. The molecule has 0 atom stereocenters. The number of aromatic nitrogens is 3. The van der Waals surface area contributed by atoms with E-state index in [2.05, 4.69) is 25.2 Å². The van der Waals surface area contributed by atoms with Gasteiger partial charge in [-0.25, -0.2) is 0 Å². The van der Waals surface area contributed by atoms with Crippen molar-refractivity contribution in [3.05, 3.63) is 60.6 Å². The van der Waals surface area contributed by atoms with Crippen LogP contribution in [0.4, 0.5) is 18.9 Å². The number of rotatable bonds is 4. The highest BCUT2D eigenvalue weighted by molar-refractivity contribution is 6.03. The minimum absolute atomic E-state index is 0.203.